The van der Waals surface area contributed by atoms with Crippen LogP contribution < -0.4 is 20.1 Å². The summed E-state index contributed by atoms with van der Waals surface area (Å²) in [7, 11) is 2.97. The summed E-state index contributed by atoms with van der Waals surface area (Å²) in [6, 6.07) is 7.59. The molecule has 0 radical (unpaired) electrons. The number of nitrogens with one attached hydrogen (secondary N) is 2. The summed E-state index contributed by atoms with van der Waals surface area (Å²) in [6.07, 6.45) is 1.39. The maximum Gasteiger partial charge on any atom is 0.255 e. The number of carbonyl (C=O) groups is 1. The van der Waals surface area contributed by atoms with Gasteiger partial charge >= 0.3 is 0 Å². The van der Waals surface area contributed by atoms with Gasteiger partial charge in [-0.1, -0.05) is 40.9 Å². The highest BCUT2D eigenvalue weighted by molar-refractivity contribution is 6.36. The lowest BCUT2D eigenvalue weighted by atomic mass is 9.94. The molecule has 0 spiro atoms. The van der Waals surface area contributed by atoms with Crippen LogP contribution in [0.25, 0.3) is 0 Å². The van der Waals surface area contributed by atoms with E-state index in [1.807, 2.05) is 0 Å². The van der Waals surface area contributed by atoms with Crippen molar-refractivity contribution in [2.24, 2.45) is 0 Å². The van der Waals surface area contributed by atoms with Crippen LogP contribution in [0, 0.1) is 0 Å². The molecule has 2 aromatic carbocycles. The summed E-state index contributed by atoms with van der Waals surface area (Å²) >= 11 is 19.2. The minimum atomic E-state index is -0.713. The van der Waals surface area contributed by atoms with Gasteiger partial charge in [0.25, 0.3) is 5.91 Å². The first-order valence-electron chi connectivity index (χ1n) is 9.39. The van der Waals surface area contributed by atoms with Crippen molar-refractivity contribution in [1.29, 1.82) is 0 Å². The number of nitrogens with zero attached hydrogens (tertiary/aromatic N) is 3. The molecular weight excluding hydrogens is 477 g/mol. The number of hydrogen-bond acceptors (Lipinski definition) is 6. The van der Waals surface area contributed by atoms with E-state index in [2.05, 4.69) is 20.7 Å². The average molecular weight is 495 g/mol. The lowest BCUT2D eigenvalue weighted by molar-refractivity contribution is -0.113. The number of methoxy groups -OCH3 is 2. The predicted molar refractivity (Wildman–Crippen MR) is 124 cm³/mol. The fourth-order valence-corrected chi connectivity index (χ4v) is 4.41. The van der Waals surface area contributed by atoms with Gasteiger partial charge in [-0.3, -0.25) is 4.79 Å². The van der Waals surface area contributed by atoms with Gasteiger partial charge in [0.05, 0.1) is 30.5 Å². The predicted octanol–water partition coefficient (Wildman–Crippen LogP) is 5.18. The molecule has 8 nitrogen and oxygen atoms in total. The van der Waals surface area contributed by atoms with Gasteiger partial charge in [-0.05, 0) is 19.1 Å². The molecule has 0 aliphatic carbocycles. The summed E-state index contributed by atoms with van der Waals surface area (Å²) in [4.78, 5) is 17.8. The number of aromatic nitrogens is 3. The van der Waals surface area contributed by atoms with E-state index >= 15 is 0 Å². The van der Waals surface area contributed by atoms with Crippen LogP contribution in [0.3, 0.4) is 0 Å². The number of amides is 1. The maximum absolute atomic E-state index is 13.6. The largest absolute Gasteiger partial charge is 0.495 e. The molecule has 1 atom stereocenters. The van der Waals surface area contributed by atoms with E-state index in [9.17, 15) is 4.79 Å². The first-order valence-corrected chi connectivity index (χ1v) is 10.5. The van der Waals surface area contributed by atoms with Crippen molar-refractivity contribution >= 4 is 52.3 Å². The lowest BCUT2D eigenvalue weighted by Crippen LogP contribution is -2.32. The molecule has 0 unspecified atom stereocenters. The highest BCUT2D eigenvalue weighted by Crippen LogP contribution is 2.42. The SMILES string of the molecule is COc1cc(NC(=O)C2=C(C)Nc3ncnn3[C@H]2c2c(Cl)cccc2Cl)c(OC)cc1Cl. The van der Waals surface area contributed by atoms with Crippen LogP contribution in [0.2, 0.25) is 15.1 Å². The molecule has 0 saturated carbocycles. The average Bonchev–Trinajstić information content (AvgIpc) is 3.22. The molecule has 166 valence electrons. The van der Waals surface area contributed by atoms with Gasteiger partial charge < -0.3 is 20.1 Å². The lowest BCUT2D eigenvalue weighted by Gasteiger charge is -2.30. The topological polar surface area (TPSA) is 90.3 Å². The van der Waals surface area contributed by atoms with Crippen molar-refractivity contribution in [1.82, 2.24) is 14.8 Å². The molecule has 2 heterocycles. The smallest absolute Gasteiger partial charge is 0.255 e. The van der Waals surface area contributed by atoms with E-state index in [1.54, 1.807) is 41.9 Å². The summed E-state index contributed by atoms with van der Waals surface area (Å²) in [6.45, 7) is 1.77. The third-order valence-corrected chi connectivity index (χ3v) is 5.99. The van der Waals surface area contributed by atoms with E-state index in [0.717, 1.165) is 0 Å². The number of rotatable bonds is 5. The first kappa shape index (κ1) is 22.3. The van der Waals surface area contributed by atoms with Crippen molar-refractivity contribution < 1.29 is 14.3 Å². The first-order chi connectivity index (χ1) is 15.3. The zero-order chi connectivity index (χ0) is 23.0. The van der Waals surface area contributed by atoms with Crippen LogP contribution >= 0.6 is 34.8 Å². The van der Waals surface area contributed by atoms with E-state index in [-0.39, 0.29) is 0 Å². The second-order valence-corrected chi connectivity index (χ2v) is 8.09. The molecule has 1 aromatic heterocycles. The number of allylic oxidation sites excluding steroid dienone is 1. The Bertz CT molecular complexity index is 1220. The van der Waals surface area contributed by atoms with Gasteiger partial charge in [0.15, 0.2) is 0 Å². The fraction of sp³-hybridized carbons (Fsp3) is 0.190. The van der Waals surface area contributed by atoms with Crippen molar-refractivity contribution in [3.63, 3.8) is 0 Å². The molecule has 1 amide bonds. The van der Waals surface area contributed by atoms with Gasteiger partial charge in [-0.15, -0.1) is 0 Å². The minimum absolute atomic E-state index is 0.352. The quantitative estimate of drug-likeness (QED) is 0.508. The molecule has 0 bridgehead atoms. The highest BCUT2D eigenvalue weighted by Gasteiger charge is 2.36. The number of carbonyl (C=O) groups excluding carboxylic acids is 1. The Labute approximate surface area is 199 Å². The van der Waals surface area contributed by atoms with Crippen molar-refractivity contribution in [2.75, 3.05) is 24.9 Å². The normalized spacial score (nSPS) is 15.1. The summed E-state index contributed by atoms with van der Waals surface area (Å²) in [5.41, 5.74) is 1.85. The summed E-state index contributed by atoms with van der Waals surface area (Å²) < 4.78 is 12.2. The van der Waals surface area contributed by atoms with Crippen LogP contribution in [0.5, 0.6) is 11.5 Å². The molecule has 0 fully saturated rings. The Morgan fingerprint density at radius 1 is 1.09 bits per heavy atom. The molecule has 11 heteroatoms. The van der Waals surface area contributed by atoms with E-state index in [4.69, 9.17) is 44.3 Å². The maximum atomic E-state index is 13.6. The Morgan fingerprint density at radius 3 is 2.44 bits per heavy atom. The Morgan fingerprint density at radius 2 is 1.78 bits per heavy atom. The van der Waals surface area contributed by atoms with E-state index in [0.29, 0.717) is 55.0 Å². The van der Waals surface area contributed by atoms with Gasteiger partial charge in [-0.2, -0.15) is 10.1 Å². The summed E-state index contributed by atoms with van der Waals surface area (Å²) in [5.74, 6) is 0.810. The molecule has 4 rings (SSSR count). The molecule has 32 heavy (non-hydrogen) atoms. The third kappa shape index (κ3) is 3.85. The Hall–Kier alpha value is -2.94. The number of halogens is 3. The fourth-order valence-electron chi connectivity index (χ4n) is 3.57. The van der Waals surface area contributed by atoms with Crippen molar-refractivity contribution in [3.05, 3.63) is 68.6 Å². The van der Waals surface area contributed by atoms with Gasteiger partial charge in [-0.25, -0.2) is 4.68 Å². The van der Waals surface area contributed by atoms with Crippen LogP contribution in [-0.2, 0) is 4.79 Å². The Kier molecular flexibility index (Phi) is 6.19. The Balaban J connectivity index is 1.82. The summed E-state index contributed by atoms with van der Waals surface area (Å²) in [5, 5.41) is 11.4. The second kappa shape index (κ2) is 8.90. The van der Waals surface area contributed by atoms with E-state index in [1.165, 1.54) is 20.5 Å². The monoisotopic (exact) mass is 493 g/mol. The van der Waals surface area contributed by atoms with Crippen LogP contribution in [0.15, 0.2) is 47.9 Å². The van der Waals surface area contributed by atoms with Crippen molar-refractivity contribution in [3.8, 4) is 11.5 Å². The highest BCUT2D eigenvalue weighted by atomic mass is 35.5. The van der Waals surface area contributed by atoms with E-state index < -0.39 is 11.9 Å². The number of anilines is 2. The van der Waals surface area contributed by atoms with Gasteiger partial charge in [0.1, 0.15) is 23.9 Å². The minimum Gasteiger partial charge on any atom is -0.495 e. The van der Waals surface area contributed by atoms with Crippen LogP contribution in [-0.4, -0.2) is 34.9 Å². The number of hydrogen-bond donors (Lipinski definition) is 2. The molecular formula is C21H18Cl3N5O3. The van der Waals surface area contributed by atoms with Crippen LogP contribution in [0.4, 0.5) is 11.6 Å². The molecule has 1 aliphatic rings. The second-order valence-electron chi connectivity index (χ2n) is 6.87. The standard InChI is InChI=1S/C21H18Cl3N5O3/c1-10-17(20(30)28-14-8-15(31-2)13(24)7-16(14)32-3)19(29-21(27-10)25-9-26-29)18-11(22)5-4-6-12(18)23/h4-9,19H,1-3H3,(H,28,30)(H,25,26,27)/t19-/m1/s1. The number of benzene rings is 2. The van der Waals surface area contributed by atoms with Crippen molar-refractivity contribution in [2.45, 2.75) is 13.0 Å². The van der Waals surface area contributed by atoms with Gasteiger partial charge in [0.2, 0.25) is 5.95 Å². The van der Waals surface area contributed by atoms with Gasteiger partial charge in [0, 0.05) is 33.4 Å². The van der Waals surface area contributed by atoms with Crippen LogP contribution in [0.1, 0.15) is 18.5 Å². The third-order valence-electron chi connectivity index (χ3n) is 5.03. The molecule has 2 N–H and O–H groups in total. The zero-order valence-corrected chi connectivity index (χ0v) is 19.5. The number of ether oxygens (including phenoxy) is 2. The number of fused-ring (bicyclic) bond motifs is 1. The molecule has 1 aliphatic heterocycles. The molecule has 3 aromatic rings. The zero-order valence-electron chi connectivity index (χ0n) is 17.2. The molecule has 0 saturated heterocycles.